The number of para-hydroxylation sites is 1. The summed E-state index contributed by atoms with van der Waals surface area (Å²) in [6.07, 6.45) is 0. The van der Waals surface area contributed by atoms with Crippen LogP contribution in [0, 0.1) is 0 Å². The fraction of sp³-hybridized carbons (Fsp3) is 0. The largest absolute Gasteiger partial charge is 0.351 e. The highest BCUT2D eigenvalue weighted by Gasteiger charge is 2.05. The van der Waals surface area contributed by atoms with Crippen molar-refractivity contribution < 1.29 is 4.79 Å². The molecule has 2 amide bonds. The van der Waals surface area contributed by atoms with Gasteiger partial charge in [-0.05, 0) is 17.5 Å². The molecule has 76 valence electrons. The van der Waals surface area contributed by atoms with E-state index in [-0.39, 0.29) is 0 Å². The van der Waals surface area contributed by atoms with Crippen LogP contribution in [0.5, 0.6) is 0 Å². The smallest absolute Gasteiger partial charge is 0.316 e. The van der Waals surface area contributed by atoms with Crippen LogP contribution in [-0.2, 0) is 0 Å². The van der Waals surface area contributed by atoms with Gasteiger partial charge in [-0.15, -0.1) is 11.3 Å². The van der Waals surface area contributed by atoms with Crippen LogP contribution in [0.15, 0.2) is 41.8 Å². The topological polar surface area (TPSA) is 55.1 Å². The van der Waals surface area contributed by atoms with Crippen molar-refractivity contribution >= 4 is 23.1 Å². The number of hydrogen-bond donors (Lipinski definition) is 2. The van der Waals surface area contributed by atoms with Crippen molar-refractivity contribution in [2.24, 2.45) is 5.73 Å². The Hall–Kier alpha value is -1.81. The monoisotopic (exact) mass is 218 g/mol. The maximum absolute atomic E-state index is 10.8. The Balaban J connectivity index is 2.42. The summed E-state index contributed by atoms with van der Waals surface area (Å²) in [5.41, 5.74) is 6.84. The third-order valence-corrected chi connectivity index (χ3v) is 2.87. The number of nitrogens with one attached hydrogen (secondary N) is 1. The number of thiophene rings is 1. The van der Waals surface area contributed by atoms with Gasteiger partial charge in [-0.3, -0.25) is 0 Å². The fourth-order valence-corrected chi connectivity index (χ4v) is 2.14. The number of hydrogen-bond acceptors (Lipinski definition) is 2. The minimum atomic E-state index is -0.543. The van der Waals surface area contributed by atoms with Crippen molar-refractivity contribution in [2.75, 3.05) is 5.32 Å². The molecule has 0 radical (unpaired) electrons. The van der Waals surface area contributed by atoms with Gasteiger partial charge in [0.05, 0.1) is 5.69 Å². The SMILES string of the molecule is NC(=O)Nc1ccccc1-c1cccs1. The molecule has 0 fully saturated rings. The number of urea groups is 1. The van der Waals surface area contributed by atoms with Gasteiger partial charge in [0, 0.05) is 10.4 Å². The van der Waals surface area contributed by atoms with Crippen LogP contribution < -0.4 is 11.1 Å². The molecule has 1 heterocycles. The van der Waals surface area contributed by atoms with E-state index in [1.165, 1.54) is 0 Å². The van der Waals surface area contributed by atoms with E-state index in [0.717, 1.165) is 16.1 Å². The minimum Gasteiger partial charge on any atom is -0.351 e. The van der Waals surface area contributed by atoms with E-state index >= 15 is 0 Å². The Bertz CT molecular complexity index is 465. The molecule has 0 aliphatic rings. The molecule has 4 heteroatoms. The van der Waals surface area contributed by atoms with Gasteiger partial charge in [-0.1, -0.05) is 24.3 Å². The molecule has 1 aromatic carbocycles. The number of rotatable bonds is 2. The van der Waals surface area contributed by atoms with E-state index in [4.69, 9.17) is 5.73 Å². The summed E-state index contributed by atoms with van der Waals surface area (Å²) in [6.45, 7) is 0. The fourth-order valence-electron chi connectivity index (χ4n) is 1.37. The normalized spacial score (nSPS) is 9.87. The van der Waals surface area contributed by atoms with Crippen molar-refractivity contribution in [3.63, 3.8) is 0 Å². The number of anilines is 1. The lowest BCUT2D eigenvalue weighted by Crippen LogP contribution is -2.19. The predicted molar refractivity (Wildman–Crippen MR) is 63.0 cm³/mol. The van der Waals surface area contributed by atoms with Crippen molar-refractivity contribution in [3.05, 3.63) is 41.8 Å². The number of carbonyl (C=O) groups is 1. The molecule has 0 atom stereocenters. The summed E-state index contributed by atoms with van der Waals surface area (Å²) in [6, 6.07) is 11.0. The molecule has 0 aliphatic heterocycles. The first-order valence-electron chi connectivity index (χ1n) is 4.47. The van der Waals surface area contributed by atoms with Crippen LogP contribution in [0.2, 0.25) is 0 Å². The number of benzene rings is 1. The zero-order chi connectivity index (χ0) is 10.7. The predicted octanol–water partition coefficient (Wildman–Crippen LogP) is 2.91. The Kier molecular flexibility index (Phi) is 2.69. The van der Waals surface area contributed by atoms with Gasteiger partial charge in [-0.2, -0.15) is 0 Å². The lowest BCUT2D eigenvalue weighted by atomic mass is 10.1. The van der Waals surface area contributed by atoms with Crippen molar-refractivity contribution in [1.82, 2.24) is 0 Å². The summed E-state index contributed by atoms with van der Waals surface area (Å²) in [7, 11) is 0. The van der Waals surface area contributed by atoms with E-state index in [1.54, 1.807) is 11.3 Å². The Labute approximate surface area is 91.5 Å². The molecule has 1 aromatic heterocycles. The van der Waals surface area contributed by atoms with E-state index < -0.39 is 6.03 Å². The molecule has 0 saturated carbocycles. The summed E-state index contributed by atoms with van der Waals surface area (Å²) in [5, 5.41) is 4.60. The molecule has 2 aromatic rings. The van der Waals surface area contributed by atoms with Gasteiger partial charge in [0.2, 0.25) is 0 Å². The maximum atomic E-state index is 10.8. The average molecular weight is 218 g/mol. The number of nitrogens with two attached hydrogens (primary N) is 1. The Morgan fingerprint density at radius 2 is 2.00 bits per heavy atom. The standard InChI is InChI=1S/C11H10N2OS/c12-11(14)13-9-5-2-1-4-8(9)10-6-3-7-15-10/h1-7H,(H3,12,13,14). The quantitative estimate of drug-likeness (QED) is 0.800. The zero-order valence-corrected chi connectivity index (χ0v) is 8.75. The highest BCUT2D eigenvalue weighted by Crippen LogP contribution is 2.30. The Morgan fingerprint density at radius 1 is 1.20 bits per heavy atom. The molecule has 3 nitrogen and oxygen atoms in total. The lowest BCUT2D eigenvalue weighted by Gasteiger charge is -2.07. The van der Waals surface area contributed by atoms with Gasteiger partial charge >= 0.3 is 6.03 Å². The average Bonchev–Trinajstić information content (AvgIpc) is 2.70. The summed E-state index contributed by atoms with van der Waals surface area (Å²) >= 11 is 1.63. The first-order valence-corrected chi connectivity index (χ1v) is 5.34. The van der Waals surface area contributed by atoms with Crippen LogP contribution >= 0.6 is 11.3 Å². The molecular weight excluding hydrogens is 208 g/mol. The Morgan fingerprint density at radius 3 is 2.67 bits per heavy atom. The van der Waals surface area contributed by atoms with Gasteiger partial charge in [-0.25, -0.2) is 4.79 Å². The van der Waals surface area contributed by atoms with Crippen LogP contribution in [0.25, 0.3) is 10.4 Å². The van der Waals surface area contributed by atoms with Crippen molar-refractivity contribution in [3.8, 4) is 10.4 Å². The van der Waals surface area contributed by atoms with Crippen LogP contribution in [0.1, 0.15) is 0 Å². The van der Waals surface area contributed by atoms with Gasteiger partial charge in [0.1, 0.15) is 0 Å². The third kappa shape index (κ3) is 2.16. The summed E-state index contributed by atoms with van der Waals surface area (Å²) in [4.78, 5) is 11.9. The van der Waals surface area contributed by atoms with Crippen LogP contribution in [-0.4, -0.2) is 6.03 Å². The number of carbonyl (C=O) groups excluding carboxylic acids is 1. The number of amides is 2. The van der Waals surface area contributed by atoms with Crippen LogP contribution in [0.4, 0.5) is 10.5 Å². The molecular formula is C11H10N2OS. The molecule has 0 spiro atoms. The molecule has 3 N–H and O–H groups in total. The van der Waals surface area contributed by atoms with Crippen LogP contribution in [0.3, 0.4) is 0 Å². The lowest BCUT2D eigenvalue weighted by molar-refractivity contribution is 0.259. The van der Waals surface area contributed by atoms with E-state index in [9.17, 15) is 4.79 Å². The molecule has 2 rings (SSSR count). The minimum absolute atomic E-state index is 0.543. The van der Waals surface area contributed by atoms with Gasteiger partial charge in [0.15, 0.2) is 0 Å². The van der Waals surface area contributed by atoms with Crippen molar-refractivity contribution in [1.29, 1.82) is 0 Å². The van der Waals surface area contributed by atoms with Crippen molar-refractivity contribution in [2.45, 2.75) is 0 Å². The molecule has 0 aliphatic carbocycles. The van der Waals surface area contributed by atoms with Gasteiger partial charge < -0.3 is 11.1 Å². The number of primary amides is 1. The molecule has 0 saturated heterocycles. The highest BCUT2D eigenvalue weighted by atomic mass is 32.1. The molecule has 0 bridgehead atoms. The second-order valence-corrected chi connectivity index (χ2v) is 3.96. The first kappa shape index (κ1) is 9.73. The second kappa shape index (κ2) is 4.14. The zero-order valence-electron chi connectivity index (χ0n) is 7.94. The summed E-state index contributed by atoms with van der Waals surface area (Å²) in [5.74, 6) is 0. The third-order valence-electron chi connectivity index (χ3n) is 1.97. The first-order chi connectivity index (χ1) is 7.27. The van der Waals surface area contributed by atoms with E-state index in [0.29, 0.717) is 0 Å². The van der Waals surface area contributed by atoms with Gasteiger partial charge in [0.25, 0.3) is 0 Å². The van der Waals surface area contributed by atoms with E-state index in [1.807, 2.05) is 41.8 Å². The maximum Gasteiger partial charge on any atom is 0.316 e. The molecule has 15 heavy (non-hydrogen) atoms. The second-order valence-electron chi connectivity index (χ2n) is 3.01. The molecule has 0 unspecified atom stereocenters. The van der Waals surface area contributed by atoms with E-state index in [2.05, 4.69) is 5.32 Å². The highest BCUT2D eigenvalue weighted by molar-refractivity contribution is 7.13. The summed E-state index contributed by atoms with van der Waals surface area (Å²) < 4.78 is 0.